The van der Waals surface area contributed by atoms with E-state index in [0.29, 0.717) is 34.3 Å². The van der Waals surface area contributed by atoms with E-state index in [2.05, 4.69) is 21.1 Å². The molecule has 0 unspecified atom stereocenters. The molecule has 0 fully saturated rings. The summed E-state index contributed by atoms with van der Waals surface area (Å²) >= 11 is 12.2. The quantitative estimate of drug-likeness (QED) is 0.248. The molecule has 2 rings (SSSR count). The van der Waals surface area contributed by atoms with E-state index >= 15 is 0 Å². The first-order chi connectivity index (χ1) is 15.4. The summed E-state index contributed by atoms with van der Waals surface area (Å²) in [7, 11) is 0. The Bertz CT molecular complexity index is 910. The van der Waals surface area contributed by atoms with E-state index in [-0.39, 0.29) is 11.8 Å². The molecule has 0 spiro atoms. The van der Waals surface area contributed by atoms with Crippen LogP contribution in [0.15, 0.2) is 58.7 Å². The summed E-state index contributed by atoms with van der Waals surface area (Å²) in [5.74, 6) is -0.280. The molecule has 0 radical (unpaired) electrons. The van der Waals surface area contributed by atoms with Crippen molar-refractivity contribution in [3.8, 4) is 0 Å². The fraction of sp³-hybridized carbons (Fsp3) is 0.333. The summed E-state index contributed by atoms with van der Waals surface area (Å²) in [6, 6.07) is 14.7. The van der Waals surface area contributed by atoms with Gasteiger partial charge in [-0.05, 0) is 38.8 Å². The molecule has 0 heterocycles. The first-order valence-corrected chi connectivity index (χ1v) is 11.3. The van der Waals surface area contributed by atoms with Crippen molar-refractivity contribution >= 4 is 46.4 Å². The maximum Gasteiger partial charge on any atom is 0.240 e. The molecule has 0 atom stereocenters. The third-order valence-corrected chi connectivity index (χ3v) is 5.44. The molecular formula is C24H28Cl2N4O2. The number of rotatable bonds is 11. The Hall–Kier alpha value is -2.70. The Morgan fingerprint density at radius 2 is 1.06 bits per heavy atom. The number of carbonyl (C=O) groups excluding carboxylic acids is 2. The zero-order chi connectivity index (χ0) is 23.3. The standard InChI is InChI=1S/C24H28Cl2N4O2/c1-17(19-11-7-9-13-21(19)25)27-29-23(31)15-5-3-4-6-16-24(32)30-28-18(2)20-12-8-10-14-22(20)26/h7-14H,3-6,15-16H2,1-2H3,(H,29,31)(H,30,32)/b27-17-,28-18-. The van der Waals surface area contributed by atoms with Crippen LogP contribution in [0.3, 0.4) is 0 Å². The monoisotopic (exact) mass is 474 g/mol. The second-order valence-electron chi connectivity index (χ2n) is 7.34. The molecule has 170 valence electrons. The maximum absolute atomic E-state index is 12.0. The SMILES string of the molecule is C/C(=N/NC(=O)CCCCCCC(=O)N/N=C(/C)c1ccccc1Cl)c1ccccc1Cl. The number of hydrogen-bond acceptors (Lipinski definition) is 4. The van der Waals surface area contributed by atoms with E-state index in [1.165, 1.54) is 0 Å². The Labute approximate surface area is 199 Å². The van der Waals surface area contributed by atoms with E-state index in [4.69, 9.17) is 23.2 Å². The number of nitrogens with zero attached hydrogens (tertiary/aromatic N) is 2. The lowest BCUT2D eigenvalue weighted by atomic mass is 10.1. The fourth-order valence-electron chi connectivity index (χ4n) is 2.96. The van der Waals surface area contributed by atoms with Gasteiger partial charge in [-0.25, -0.2) is 10.9 Å². The molecule has 0 saturated carbocycles. The predicted molar refractivity (Wildman–Crippen MR) is 131 cm³/mol. The van der Waals surface area contributed by atoms with E-state index in [1.54, 1.807) is 26.0 Å². The van der Waals surface area contributed by atoms with Crippen LogP contribution in [0.5, 0.6) is 0 Å². The van der Waals surface area contributed by atoms with Crippen LogP contribution in [0.1, 0.15) is 63.5 Å². The minimum absolute atomic E-state index is 0.140. The van der Waals surface area contributed by atoms with Gasteiger partial charge in [-0.3, -0.25) is 9.59 Å². The lowest BCUT2D eigenvalue weighted by Gasteiger charge is -2.05. The van der Waals surface area contributed by atoms with Gasteiger partial charge in [0.1, 0.15) is 0 Å². The molecule has 2 aromatic carbocycles. The lowest BCUT2D eigenvalue weighted by Crippen LogP contribution is -2.19. The van der Waals surface area contributed by atoms with E-state index in [1.807, 2.05) is 36.4 Å². The van der Waals surface area contributed by atoms with Crippen molar-refractivity contribution < 1.29 is 9.59 Å². The van der Waals surface area contributed by atoms with Crippen molar-refractivity contribution in [3.05, 3.63) is 69.7 Å². The van der Waals surface area contributed by atoms with Crippen LogP contribution in [-0.2, 0) is 9.59 Å². The minimum Gasteiger partial charge on any atom is -0.273 e. The molecule has 32 heavy (non-hydrogen) atoms. The smallest absolute Gasteiger partial charge is 0.240 e. The third-order valence-electron chi connectivity index (χ3n) is 4.78. The number of hydrazone groups is 2. The highest BCUT2D eigenvalue weighted by atomic mass is 35.5. The zero-order valence-corrected chi connectivity index (χ0v) is 19.8. The summed E-state index contributed by atoms with van der Waals surface area (Å²) in [5.41, 5.74) is 8.02. The molecule has 6 nitrogen and oxygen atoms in total. The van der Waals surface area contributed by atoms with Crippen molar-refractivity contribution in [2.24, 2.45) is 10.2 Å². The van der Waals surface area contributed by atoms with Gasteiger partial charge in [0.2, 0.25) is 11.8 Å². The van der Waals surface area contributed by atoms with Crippen LogP contribution in [-0.4, -0.2) is 23.2 Å². The first-order valence-electron chi connectivity index (χ1n) is 10.5. The van der Waals surface area contributed by atoms with Crippen molar-refractivity contribution in [1.82, 2.24) is 10.9 Å². The van der Waals surface area contributed by atoms with Gasteiger partial charge in [0, 0.05) is 34.0 Å². The molecule has 8 heteroatoms. The number of halogens is 2. The van der Waals surface area contributed by atoms with Crippen LogP contribution in [0.2, 0.25) is 10.0 Å². The topological polar surface area (TPSA) is 82.9 Å². The molecule has 0 aromatic heterocycles. The molecule has 0 bridgehead atoms. The lowest BCUT2D eigenvalue weighted by molar-refractivity contribution is -0.122. The molecule has 0 aliphatic heterocycles. The normalized spacial score (nSPS) is 11.9. The van der Waals surface area contributed by atoms with Crippen LogP contribution >= 0.6 is 23.2 Å². The van der Waals surface area contributed by atoms with Gasteiger partial charge >= 0.3 is 0 Å². The van der Waals surface area contributed by atoms with Gasteiger partial charge in [0.15, 0.2) is 0 Å². The van der Waals surface area contributed by atoms with E-state index < -0.39 is 0 Å². The highest BCUT2D eigenvalue weighted by Gasteiger charge is 2.06. The van der Waals surface area contributed by atoms with Crippen molar-refractivity contribution in [2.45, 2.75) is 52.4 Å². The van der Waals surface area contributed by atoms with E-state index in [0.717, 1.165) is 36.8 Å². The summed E-state index contributed by atoms with van der Waals surface area (Å²) < 4.78 is 0. The Morgan fingerprint density at radius 1 is 0.688 bits per heavy atom. The van der Waals surface area contributed by atoms with Crippen molar-refractivity contribution in [2.75, 3.05) is 0 Å². The summed E-state index contributed by atoms with van der Waals surface area (Å²) in [5, 5.41) is 9.42. The number of amides is 2. The van der Waals surface area contributed by atoms with Gasteiger partial charge < -0.3 is 0 Å². The van der Waals surface area contributed by atoms with Crippen molar-refractivity contribution in [1.29, 1.82) is 0 Å². The number of nitrogens with one attached hydrogen (secondary N) is 2. The third kappa shape index (κ3) is 8.81. The molecule has 2 N–H and O–H groups in total. The molecule has 0 saturated heterocycles. The molecule has 0 aliphatic rings. The fourth-order valence-corrected chi connectivity index (χ4v) is 3.50. The van der Waals surface area contributed by atoms with Crippen LogP contribution in [0.25, 0.3) is 0 Å². The Kier molecular flexibility index (Phi) is 10.9. The number of benzene rings is 2. The molecule has 2 aromatic rings. The summed E-state index contributed by atoms with van der Waals surface area (Å²) in [4.78, 5) is 23.9. The highest BCUT2D eigenvalue weighted by Crippen LogP contribution is 2.16. The van der Waals surface area contributed by atoms with Gasteiger partial charge in [-0.15, -0.1) is 0 Å². The second-order valence-corrected chi connectivity index (χ2v) is 8.15. The predicted octanol–water partition coefficient (Wildman–Crippen LogP) is 5.71. The second kappa shape index (κ2) is 13.7. The van der Waals surface area contributed by atoms with Crippen LogP contribution in [0.4, 0.5) is 0 Å². The van der Waals surface area contributed by atoms with Gasteiger partial charge in [0.05, 0.1) is 11.4 Å². The van der Waals surface area contributed by atoms with Crippen LogP contribution in [0, 0.1) is 0 Å². The number of hydrogen-bond donors (Lipinski definition) is 2. The summed E-state index contributed by atoms with van der Waals surface area (Å²) in [6.45, 7) is 3.60. The molecule has 2 amide bonds. The highest BCUT2D eigenvalue weighted by molar-refractivity contribution is 6.34. The van der Waals surface area contributed by atoms with Crippen LogP contribution < -0.4 is 10.9 Å². The molecule has 0 aliphatic carbocycles. The largest absolute Gasteiger partial charge is 0.273 e. The maximum atomic E-state index is 12.0. The average molecular weight is 475 g/mol. The molecular weight excluding hydrogens is 447 g/mol. The average Bonchev–Trinajstić information content (AvgIpc) is 2.78. The number of carbonyl (C=O) groups is 2. The summed E-state index contributed by atoms with van der Waals surface area (Å²) in [6.07, 6.45) is 3.95. The van der Waals surface area contributed by atoms with Gasteiger partial charge in [0.25, 0.3) is 0 Å². The van der Waals surface area contributed by atoms with Crippen molar-refractivity contribution in [3.63, 3.8) is 0 Å². The minimum atomic E-state index is -0.140. The van der Waals surface area contributed by atoms with E-state index in [9.17, 15) is 9.59 Å². The Balaban J connectivity index is 1.60. The first kappa shape index (κ1) is 25.6. The number of unbranched alkanes of at least 4 members (excludes halogenated alkanes) is 3. The Morgan fingerprint density at radius 3 is 1.44 bits per heavy atom. The zero-order valence-electron chi connectivity index (χ0n) is 18.3. The van der Waals surface area contributed by atoms with Gasteiger partial charge in [-0.2, -0.15) is 10.2 Å². The van der Waals surface area contributed by atoms with Gasteiger partial charge in [-0.1, -0.05) is 72.4 Å².